The van der Waals surface area contributed by atoms with Crippen LogP contribution in [0.1, 0.15) is 19.4 Å². The van der Waals surface area contributed by atoms with Crippen molar-refractivity contribution in [3.63, 3.8) is 0 Å². The predicted octanol–water partition coefficient (Wildman–Crippen LogP) is 3.56. The summed E-state index contributed by atoms with van der Waals surface area (Å²) < 4.78 is 34.0. The van der Waals surface area contributed by atoms with E-state index in [1.54, 1.807) is 12.1 Å². The largest absolute Gasteiger partial charge is 0.493 e. The summed E-state index contributed by atoms with van der Waals surface area (Å²) in [5.74, 6) is 0.733. The van der Waals surface area contributed by atoms with Crippen LogP contribution in [0.4, 0.5) is 8.78 Å². The molecule has 1 rings (SSSR count). The Morgan fingerprint density at radius 3 is 2.50 bits per heavy atom. The third-order valence-corrected chi connectivity index (χ3v) is 2.88. The number of methoxy groups -OCH3 is 1. The smallest absolute Gasteiger partial charge is 0.387 e. The Morgan fingerprint density at radius 2 is 2.00 bits per heavy atom. The number of nitrogens with one attached hydrogen (secondary N) is 1. The molecule has 0 heterocycles. The monoisotopic (exact) mass is 285 g/mol. The molecule has 0 aliphatic rings. The van der Waals surface area contributed by atoms with E-state index in [9.17, 15) is 8.78 Å². The van der Waals surface area contributed by atoms with E-state index in [-0.39, 0.29) is 5.75 Å². The average molecular weight is 285 g/mol. The van der Waals surface area contributed by atoms with Crippen LogP contribution < -0.4 is 14.8 Å². The minimum Gasteiger partial charge on any atom is -0.493 e. The van der Waals surface area contributed by atoms with E-state index in [0.29, 0.717) is 11.7 Å². The molecule has 1 N–H and O–H groups in total. The van der Waals surface area contributed by atoms with Crippen molar-refractivity contribution in [3.05, 3.63) is 29.3 Å². The maximum absolute atomic E-state index is 12.3. The zero-order valence-corrected chi connectivity index (χ0v) is 12.2. The number of benzene rings is 1. The first-order valence-electron chi connectivity index (χ1n) is 6.45. The number of halogens is 2. The Bertz CT molecular complexity index is 459. The van der Waals surface area contributed by atoms with Crippen molar-refractivity contribution in [1.82, 2.24) is 5.32 Å². The summed E-state index contributed by atoms with van der Waals surface area (Å²) in [6.45, 7) is 2.12. The number of ether oxygens (including phenoxy) is 2. The average Bonchev–Trinajstić information content (AvgIpc) is 2.39. The Balaban J connectivity index is 3.05. The van der Waals surface area contributed by atoms with Gasteiger partial charge in [0.2, 0.25) is 0 Å². The quantitative estimate of drug-likeness (QED) is 0.831. The molecule has 0 fully saturated rings. The molecule has 0 atom stereocenters. The Kier molecular flexibility index (Phi) is 6.45. The zero-order valence-electron chi connectivity index (χ0n) is 12.2. The van der Waals surface area contributed by atoms with Crippen LogP contribution in [-0.4, -0.2) is 27.3 Å². The highest BCUT2D eigenvalue weighted by Gasteiger charge is 2.11. The van der Waals surface area contributed by atoms with Gasteiger partial charge in [0.15, 0.2) is 11.5 Å². The molecule has 0 spiro atoms. The molecule has 0 unspecified atom stereocenters. The van der Waals surface area contributed by atoms with E-state index in [2.05, 4.69) is 23.9 Å². The fourth-order valence-electron chi connectivity index (χ4n) is 1.81. The summed E-state index contributed by atoms with van der Waals surface area (Å²) in [5.41, 5.74) is 2.11. The first-order valence-corrected chi connectivity index (χ1v) is 6.45. The molecule has 1 aromatic rings. The second kappa shape index (κ2) is 7.85. The van der Waals surface area contributed by atoms with Gasteiger partial charge in [-0.3, -0.25) is 0 Å². The van der Waals surface area contributed by atoms with Crippen molar-refractivity contribution in [1.29, 1.82) is 0 Å². The van der Waals surface area contributed by atoms with Gasteiger partial charge < -0.3 is 14.8 Å². The second-order valence-electron chi connectivity index (χ2n) is 4.69. The second-order valence-corrected chi connectivity index (χ2v) is 4.69. The van der Waals surface area contributed by atoms with E-state index >= 15 is 0 Å². The van der Waals surface area contributed by atoms with Crippen molar-refractivity contribution in [2.45, 2.75) is 20.5 Å². The van der Waals surface area contributed by atoms with Gasteiger partial charge in [-0.2, -0.15) is 8.78 Å². The SMILES string of the molecule is CNCC(=Cc1ccc(OC(F)F)c(OC)c1)C(C)C. The summed E-state index contributed by atoms with van der Waals surface area (Å²) in [6.07, 6.45) is 2.02. The number of rotatable bonds is 7. The molecule has 0 radical (unpaired) electrons. The van der Waals surface area contributed by atoms with Crippen LogP contribution in [0, 0.1) is 5.92 Å². The van der Waals surface area contributed by atoms with Crippen LogP contribution in [0.2, 0.25) is 0 Å². The summed E-state index contributed by atoms with van der Waals surface area (Å²) >= 11 is 0. The number of likely N-dealkylation sites (N-methyl/N-ethyl adjacent to an activating group) is 1. The van der Waals surface area contributed by atoms with Crippen LogP contribution in [0.15, 0.2) is 23.8 Å². The van der Waals surface area contributed by atoms with Gasteiger partial charge in [-0.25, -0.2) is 0 Å². The maximum Gasteiger partial charge on any atom is 0.387 e. The van der Waals surface area contributed by atoms with Crippen LogP contribution in [-0.2, 0) is 0 Å². The molecule has 0 aliphatic carbocycles. The predicted molar refractivity (Wildman–Crippen MR) is 76.4 cm³/mol. The van der Waals surface area contributed by atoms with Crippen molar-refractivity contribution in [2.24, 2.45) is 5.92 Å². The fourth-order valence-corrected chi connectivity index (χ4v) is 1.81. The number of alkyl halides is 2. The maximum atomic E-state index is 12.3. The van der Waals surface area contributed by atoms with Crippen molar-refractivity contribution in [2.75, 3.05) is 20.7 Å². The molecule has 112 valence electrons. The van der Waals surface area contributed by atoms with Gasteiger partial charge in [0.1, 0.15) is 0 Å². The van der Waals surface area contributed by atoms with Crippen LogP contribution in [0.5, 0.6) is 11.5 Å². The van der Waals surface area contributed by atoms with Crippen LogP contribution in [0.3, 0.4) is 0 Å². The molecule has 0 aliphatic heterocycles. The Labute approximate surface area is 118 Å². The minimum atomic E-state index is -2.86. The zero-order chi connectivity index (χ0) is 15.1. The summed E-state index contributed by atoms with van der Waals surface area (Å²) in [7, 11) is 3.31. The van der Waals surface area contributed by atoms with Gasteiger partial charge in [-0.1, -0.05) is 31.6 Å². The first kappa shape index (κ1) is 16.4. The number of hydrogen-bond acceptors (Lipinski definition) is 3. The lowest BCUT2D eigenvalue weighted by Gasteiger charge is -2.13. The molecule has 0 amide bonds. The van der Waals surface area contributed by atoms with E-state index in [4.69, 9.17) is 4.74 Å². The van der Waals surface area contributed by atoms with E-state index in [0.717, 1.165) is 12.1 Å². The van der Waals surface area contributed by atoms with E-state index < -0.39 is 6.61 Å². The number of hydrogen-bond donors (Lipinski definition) is 1. The molecule has 20 heavy (non-hydrogen) atoms. The van der Waals surface area contributed by atoms with Crippen molar-refractivity contribution < 1.29 is 18.3 Å². The van der Waals surface area contributed by atoms with E-state index in [1.165, 1.54) is 18.7 Å². The highest BCUT2D eigenvalue weighted by molar-refractivity contribution is 5.58. The van der Waals surface area contributed by atoms with E-state index in [1.807, 2.05) is 13.1 Å². The molecular formula is C15H21F2NO2. The van der Waals surface area contributed by atoms with Crippen LogP contribution >= 0.6 is 0 Å². The highest BCUT2D eigenvalue weighted by atomic mass is 19.3. The van der Waals surface area contributed by atoms with Gasteiger partial charge in [0, 0.05) is 6.54 Å². The van der Waals surface area contributed by atoms with Crippen molar-refractivity contribution in [3.8, 4) is 11.5 Å². The lowest BCUT2D eigenvalue weighted by atomic mass is 10.00. The molecule has 0 bridgehead atoms. The van der Waals surface area contributed by atoms with Gasteiger partial charge >= 0.3 is 6.61 Å². The normalized spacial score (nSPS) is 12.1. The van der Waals surface area contributed by atoms with Gasteiger partial charge in [0.05, 0.1) is 7.11 Å². The lowest BCUT2D eigenvalue weighted by molar-refractivity contribution is -0.0512. The van der Waals surface area contributed by atoms with Crippen molar-refractivity contribution >= 4 is 6.08 Å². The Morgan fingerprint density at radius 1 is 1.30 bits per heavy atom. The topological polar surface area (TPSA) is 30.5 Å². The summed E-state index contributed by atoms with van der Waals surface area (Å²) in [5, 5.41) is 3.11. The first-order chi connectivity index (χ1) is 9.47. The highest BCUT2D eigenvalue weighted by Crippen LogP contribution is 2.30. The molecule has 1 aromatic carbocycles. The third kappa shape index (κ3) is 4.81. The lowest BCUT2D eigenvalue weighted by Crippen LogP contribution is -2.13. The summed E-state index contributed by atoms with van der Waals surface area (Å²) in [4.78, 5) is 0. The molecule has 0 saturated carbocycles. The minimum absolute atomic E-state index is 0.0411. The molecular weight excluding hydrogens is 264 g/mol. The molecule has 0 saturated heterocycles. The fraction of sp³-hybridized carbons (Fsp3) is 0.467. The Hall–Kier alpha value is -1.62. The molecule has 5 heteroatoms. The molecule has 3 nitrogen and oxygen atoms in total. The molecule has 0 aromatic heterocycles. The van der Waals surface area contributed by atoms with Crippen LogP contribution in [0.25, 0.3) is 6.08 Å². The standard InChI is InChI=1S/C15H21F2NO2/c1-10(2)12(9-18-3)7-11-5-6-13(20-15(16)17)14(8-11)19-4/h5-8,10,15,18H,9H2,1-4H3. The van der Waals surface area contributed by atoms with Gasteiger partial charge in [-0.05, 0) is 30.7 Å². The van der Waals surface area contributed by atoms with Gasteiger partial charge in [0.25, 0.3) is 0 Å². The summed E-state index contributed by atoms with van der Waals surface area (Å²) in [6, 6.07) is 4.92. The van der Waals surface area contributed by atoms with Gasteiger partial charge in [-0.15, -0.1) is 0 Å². The third-order valence-electron chi connectivity index (χ3n) is 2.88.